The zero-order valence-corrected chi connectivity index (χ0v) is 23.7. The monoisotopic (exact) mass is 591 g/mol. The molecule has 5 N–H and O–H groups in total. The number of aliphatic carboxylic acids is 3. The Balaban J connectivity index is 0.000000316. The van der Waals surface area contributed by atoms with Gasteiger partial charge in [0.15, 0.2) is 5.60 Å². The predicted molar refractivity (Wildman–Crippen MR) is 147 cm³/mol. The number of fused-ring (bicyclic) bond motifs is 2. The number of benzene rings is 2. The summed E-state index contributed by atoms with van der Waals surface area (Å²) < 4.78 is 25.4. The average molecular weight is 592 g/mol. The Morgan fingerprint density at radius 1 is 1.02 bits per heavy atom. The fourth-order valence-electron chi connectivity index (χ4n) is 5.81. The fraction of sp³-hybridized carbons (Fsp3) is 0.500. The molecule has 42 heavy (non-hydrogen) atoms. The Hall–Kier alpha value is -3.58. The number of ether oxygens (including phenoxy) is 2. The lowest BCUT2D eigenvalue weighted by Crippen LogP contribution is -2.49. The largest absolute Gasteiger partial charge is 0.496 e. The summed E-state index contributed by atoms with van der Waals surface area (Å²) in [7, 11) is 1.68. The minimum absolute atomic E-state index is 0.260. The molecule has 2 aromatic carbocycles. The number of carboxylic acid groups (broad SMARTS) is 3. The van der Waals surface area contributed by atoms with Crippen LogP contribution < -0.4 is 4.74 Å². The second-order valence-electron chi connectivity index (χ2n) is 10.7. The van der Waals surface area contributed by atoms with E-state index >= 15 is 0 Å². The summed E-state index contributed by atoms with van der Waals surface area (Å²) in [6.45, 7) is 4.01. The minimum atomic E-state index is -2.74. The van der Waals surface area contributed by atoms with E-state index in [0.717, 1.165) is 30.7 Å². The molecule has 4 rings (SSSR count). The molecule has 11 nitrogen and oxygen atoms in total. The van der Waals surface area contributed by atoms with Gasteiger partial charge in [0, 0.05) is 36.4 Å². The SMILES string of the molecule is CCOCc1cc(CN2C3CCC2CC(O)(c2ccccc2F)C3)ccc1OC.O=C(O)CC(O)(CC(=O)O)C(=O)O. The first-order valence-corrected chi connectivity index (χ1v) is 13.7. The van der Waals surface area contributed by atoms with E-state index in [9.17, 15) is 23.9 Å². The molecule has 2 heterocycles. The van der Waals surface area contributed by atoms with E-state index in [2.05, 4.69) is 17.0 Å². The second kappa shape index (κ2) is 14.1. The van der Waals surface area contributed by atoms with Crippen molar-refractivity contribution in [2.45, 2.75) is 81.9 Å². The molecule has 0 spiro atoms. The smallest absolute Gasteiger partial charge is 0.336 e. The van der Waals surface area contributed by atoms with Crippen molar-refractivity contribution in [3.05, 3.63) is 65.0 Å². The van der Waals surface area contributed by atoms with E-state index < -0.39 is 42.0 Å². The van der Waals surface area contributed by atoms with Crippen molar-refractivity contribution in [1.82, 2.24) is 4.90 Å². The molecule has 2 atom stereocenters. The molecular formula is C30H38FNO10. The number of aliphatic hydroxyl groups is 2. The van der Waals surface area contributed by atoms with Gasteiger partial charge in [0.1, 0.15) is 11.6 Å². The number of rotatable bonds is 12. The highest BCUT2D eigenvalue weighted by atomic mass is 19.1. The number of halogens is 1. The molecule has 2 aromatic rings. The van der Waals surface area contributed by atoms with Crippen LogP contribution in [-0.2, 0) is 37.9 Å². The molecule has 2 fully saturated rings. The minimum Gasteiger partial charge on any atom is -0.496 e. The number of methoxy groups -OCH3 is 1. The van der Waals surface area contributed by atoms with Gasteiger partial charge in [-0.1, -0.05) is 24.3 Å². The number of carbonyl (C=O) groups is 3. The molecule has 230 valence electrons. The van der Waals surface area contributed by atoms with Crippen molar-refractivity contribution in [2.75, 3.05) is 13.7 Å². The Labute approximate surface area is 243 Å². The fourth-order valence-corrected chi connectivity index (χ4v) is 5.81. The lowest BCUT2D eigenvalue weighted by molar-refractivity contribution is -0.170. The van der Waals surface area contributed by atoms with E-state index in [1.807, 2.05) is 19.1 Å². The van der Waals surface area contributed by atoms with Crippen LogP contribution in [0.15, 0.2) is 42.5 Å². The predicted octanol–water partition coefficient (Wildman–Crippen LogP) is 3.14. The highest BCUT2D eigenvalue weighted by Crippen LogP contribution is 2.46. The number of piperidine rings is 1. The summed E-state index contributed by atoms with van der Waals surface area (Å²) in [5.74, 6) is -4.48. The first-order valence-electron chi connectivity index (χ1n) is 13.7. The van der Waals surface area contributed by atoms with Crippen molar-refractivity contribution in [3.8, 4) is 5.75 Å². The van der Waals surface area contributed by atoms with Crippen LogP contribution in [0.4, 0.5) is 4.39 Å². The Bertz CT molecular complexity index is 1240. The van der Waals surface area contributed by atoms with Gasteiger partial charge in [0.05, 0.1) is 32.2 Å². The highest BCUT2D eigenvalue weighted by molar-refractivity contribution is 5.88. The van der Waals surface area contributed by atoms with Crippen molar-refractivity contribution in [1.29, 1.82) is 0 Å². The van der Waals surface area contributed by atoms with Gasteiger partial charge in [-0.25, -0.2) is 9.18 Å². The van der Waals surface area contributed by atoms with Crippen LogP contribution in [0.2, 0.25) is 0 Å². The number of nitrogens with zero attached hydrogens (tertiary/aromatic N) is 1. The molecule has 2 aliphatic heterocycles. The molecule has 2 unspecified atom stereocenters. The van der Waals surface area contributed by atoms with E-state index in [-0.39, 0.29) is 17.9 Å². The van der Waals surface area contributed by atoms with E-state index in [1.54, 1.807) is 19.2 Å². The van der Waals surface area contributed by atoms with E-state index in [4.69, 9.17) is 29.9 Å². The molecule has 0 aromatic heterocycles. The summed E-state index contributed by atoms with van der Waals surface area (Å²) in [5.41, 5.74) is -1.10. The molecule has 0 aliphatic carbocycles. The highest BCUT2D eigenvalue weighted by Gasteiger charge is 2.49. The zero-order chi connectivity index (χ0) is 31.1. The van der Waals surface area contributed by atoms with Crippen molar-refractivity contribution >= 4 is 17.9 Å². The molecule has 0 saturated carbocycles. The van der Waals surface area contributed by atoms with Crippen LogP contribution in [0.3, 0.4) is 0 Å². The van der Waals surface area contributed by atoms with Crippen LogP contribution in [-0.4, -0.2) is 79.7 Å². The second-order valence-corrected chi connectivity index (χ2v) is 10.7. The summed E-state index contributed by atoms with van der Waals surface area (Å²) in [4.78, 5) is 33.0. The first-order chi connectivity index (χ1) is 19.8. The third-order valence-electron chi connectivity index (χ3n) is 7.75. The van der Waals surface area contributed by atoms with Gasteiger partial charge in [0.25, 0.3) is 0 Å². The lowest BCUT2D eigenvalue weighted by Gasteiger charge is -2.44. The van der Waals surface area contributed by atoms with Crippen LogP contribution in [0.25, 0.3) is 0 Å². The molecule has 2 aliphatic rings. The molecule has 0 amide bonds. The number of hydrogen-bond donors (Lipinski definition) is 5. The van der Waals surface area contributed by atoms with E-state index in [1.165, 1.54) is 11.6 Å². The van der Waals surface area contributed by atoms with E-state index in [0.29, 0.717) is 31.6 Å². The maximum Gasteiger partial charge on any atom is 0.336 e. The van der Waals surface area contributed by atoms with Crippen LogP contribution in [0, 0.1) is 5.82 Å². The normalized spacial score (nSPS) is 21.7. The third-order valence-corrected chi connectivity index (χ3v) is 7.75. The Kier molecular flexibility index (Phi) is 11.0. The average Bonchev–Trinajstić information content (AvgIpc) is 3.15. The van der Waals surface area contributed by atoms with Crippen molar-refractivity contribution in [2.24, 2.45) is 0 Å². The van der Waals surface area contributed by atoms with Crippen LogP contribution in [0.1, 0.15) is 62.1 Å². The summed E-state index contributed by atoms with van der Waals surface area (Å²) in [5, 5.41) is 45.1. The summed E-state index contributed by atoms with van der Waals surface area (Å²) in [6, 6.07) is 13.4. The van der Waals surface area contributed by atoms with Crippen LogP contribution in [0.5, 0.6) is 5.75 Å². The lowest BCUT2D eigenvalue weighted by atomic mass is 9.80. The van der Waals surface area contributed by atoms with Gasteiger partial charge in [-0.3, -0.25) is 14.5 Å². The maximum atomic E-state index is 14.4. The molecule has 12 heteroatoms. The van der Waals surface area contributed by atoms with Gasteiger partial charge in [-0.05, 0) is 56.4 Å². The molecule has 2 bridgehead atoms. The molecule has 2 saturated heterocycles. The zero-order valence-electron chi connectivity index (χ0n) is 23.7. The topological polar surface area (TPSA) is 174 Å². The van der Waals surface area contributed by atoms with Crippen molar-refractivity contribution < 1.29 is 53.8 Å². The van der Waals surface area contributed by atoms with Gasteiger partial charge in [-0.2, -0.15) is 0 Å². The van der Waals surface area contributed by atoms with Gasteiger partial charge >= 0.3 is 17.9 Å². The number of hydrogen-bond acceptors (Lipinski definition) is 8. The summed E-state index contributed by atoms with van der Waals surface area (Å²) >= 11 is 0. The first kappa shape index (κ1) is 32.9. The van der Waals surface area contributed by atoms with Crippen molar-refractivity contribution in [3.63, 3.8) is 0 Å². The van der Waals surface area contributed by atoms with Crippen LogP contribution >= 0.6 is 0 Å². The Morgan fingerprint density at radius 2 is 1.62 bits per heavy atom. The maximum absolute atomic E-state index is 14.4. The van der Waals surface area contributed by atoms with Gasteiger partial charge < -0.3 is 35.0 Å². The third kappa shape index (κ3) is 8.03. The quantitative estimate of drug-likeness (QED) is 0.245. The number of carboxylic acids is 3. The molecular weight excluding hydrogens is 553 g/mol. The molecule has 0 radical (unpaired) electrons. The standard InChI is InChI=1S/C24H30FNO3.C6H8O7/c1-3-29-16-18-12-17(8-11-23(18)28-2)15-26-19-9-10-20(26)14-24(27,13-19)21-6-4-5-7-22(21)25;7-3(8)1-6(13,5(11)12)2-4(9)10/h4-8,11-12,19-20,27H,3,9-10,13-16H2,1-2H3;13H,1-2H2,(H,7,8)(H,9,10)(H,11,12). The summed E-state index contributed by atoms with van der Waals surface area (Å²) in [6.07, 6.45) is 0.953. The van der Waals surface area contributed by atoms with Gasteiger partial charge in [-0.15, -0.1) is 0 Å². The van der Waals surface area contributed by atoms with Gasteiger partial charge in [0.2, 0.25) is 0 Å². The Morgan fingerprint density at radius 3 is 2.12 bits per heavy atom.